The van der Waals surface area contributed by atoms with Crippen molar-refractivity contribution in [2.24, 2.45) is 5.92 Å². The van der Waals surface area contributed by atoms with E-state index in [-0.39, 0.29) is 12.3 Å². The molecule has 3 heteroatoms. The second-order valence-electron chi connectivity index (χ2n) is 4.51. The van der Waals surface area contributed by atoms with Gasteiger partial charge in [-0.05, 0) is 37.3 Å². The Kier molecular flexibility index (Phi) is 1.50. The van der Waals surface area contributed by atoms with Crippen LogP contribution in [0.1, 0.15) is 33.2 Å². The summed E-state index contributed by atoms with van der Waals surface area (Å²) in [5.74, 6) is -2.63. The molecule has 2 atom stereocenters. The minimum absolute atomic E-state index is 0.107. The fourth-order valence-electron chi connectivity index (χ4n) is 3.09. The molecule has 0 saturated heterocycles. The highest BCUT2D eigenvalue weighted by Crippen LogP contribution is 2.62. The van der Waals surface area contributed by atoms with Crippen LogP contribution in [0.3, 0.4) is 0 Å². The molecule has 3 rings (SSSR count). The molecule has 0 N–H and O–H groups in total. The first kappa shape index (κ1) is 8.84. The van der Waals surface area contributed by atoms with E-state index in [1.165, 1.54) is 10.4 Å². The molecule has 1 aromatic rings. The summed E-state index contributed by atoms with van der Waals surface area (Å²) in [4.78, 5) is 2.37. The average Bonchev–Trinajstić information content (AvgIpc) is 2.49. The first-order valence-corrected chi connectivity index (χ1v) is 5.79. The molecule has 0 nitrogen and oxygen atoms in total. The maximum atomic E-state index is 13.4. The average molecular weight is 214 g/mol. The molecule has 14 heavy (non-hydrogen) atoms. The van der Waals surface area contributed by atoms with Crippen LogP contribution < -0.4 is 0 Å². The van der Waals surface area contributed by atoms with Crippen molar-refractivity contribution >= 4 is 11.3 Å². The van der Waals surface area contributed by atoms with Crippen molar-refractivity contribution in [3.05, 3.63) is 20.9 Å². The van der Waals surface area contributed by atoms with Crippen molar-refractivity contribution in [2.45, 2.75) is 38.5 Å². The Balaban J connectivity index is 2.14. The van der Waals surface area contributed by atoms with Crippen LogP contribution in [0, 0.1) is 19.8 Å². The summed E-state index contributed by atoms with van der Waals surface area (Å²) in [6, 6.07) is 0. The molecule has 0 aromatic carbocycles. The molecule has 0 amide bonds. The zero-order chi connectivity index (χ0) is 10.1. The standard InChI is InChI=1S/C11H12F2S/c1-5-8-3-7-4-11(12,13)10(7)9(8)6(2)14-5/h7,10H,3-4H2,1-2H3. The first-order chi connectivity index (χ1) is 6.50. The number of hydrogen-bond acceptors (Lipinski definition) is 1. The van der Waals surface area contributed by atoms with Gasteiger partial charge in [0.05, 0.1) is 5.92 Å². The molecule has 2 aliphatic rings. The topological polar surface area (TPSA) is 0 Å². The molecule has 0 radical (unpaired) electrons. The molecular formula is C11H12F2S. The van der Waals surface area contributed by atoms with Crippen LogP contribution in [0.25, 0.3) is 0 Å². The highest BCUT2D eigenvalue weighted by Gasteiger charge is 2.60. The Labute approximate surface area is 85.9 Å². The van der Waals surface area contributed by atoms with Gasteiger partial charge in [-0.3, -0.25) is 0 Å². The van der Waals surface area contributed by atoms with Gasteiger partial charge in [0.2, 0.25) is 0 Å². The summed E-state index contributed by atoms with van der Waals surface area (Å²) in [5, 5.41) is 0. The molecule has 1 saturated carbocycles. The van der Waals surface area contributed by atoms with Gasteiger partial charge in [0.15, 0.2) is 0 Å². The Bertz CT molecular complexity index is 406. The van der Waals surface area contributed by atoms with Gasteiger partial charge in [-0.1, -0.05) is 0 Å². The van der Waals surface area contributed by atoms with Gasteiger partial charge in [0, 0.05) is 16.2 Å². The number of hydrogen-bond donors (Lipinski definition) is 0. The summed E-state index contributed by atoms with van der Waals surface area (Å²) < 4.78 is 26.7. The largest absolute Gasteiger partial charge is 0.255 e. The Hall–Kier alpha value is -0.440. The third kappa shape index (κ3) is 0.867. The van der Waals surface area contributed by atoms with E-state index >= 15 is 0 Å². The monoisotopic (exact) mass is 214 g/mol. The normalized spacial score (nSPS) is 32.3. The van der Waals surface area contributed by atoms with Gasteiger partial charge in [-0.2, -0.15) is 0 Å². The van der Waals surface area contributed by atoms with E-state index in [0.29, 0.717) is 0 Å². The van der Waals surface area contributed by atoms with Crippen LogP contribution >= 0.6 is 11.3 Å². The summed E-state index contributed by atoms with van der Waals surface area (Å²) in [7, 11) is 0. The van der Waals surface area contributed by atoms with Gasteiger partial charge in [0.1, 0.15) is 0 Å². The van der Waals surface area contributed by atoms with E-state index in [9.17, 15) is 8.78 Å². The zero-order valence-corrected chi connectivity index (χ0v) is 9.05. The molecule has 1 heterocycles. The number of rotatable bonds is 0. The lowest BCUT2D eigenvalue weighted by atomic mass is 9.70. The SMILES string of the molecule is Cc1sc(C)c2c1CC1CC(F)(F)C21. The van der Waals surface area contributed by atoms with Gasteiger partial charge < -0.3 is 0 Å². The minimum atomic E-state index is -2.42. The third-order valence-corrected chi connectivity index (χ3v) is 4.75. The molecule has 1 aromatic heterocycles. The molecule has 0 bridgehead atoms. The summed E-state index contributed by atoms with van der Waals surface area (Å²) >= 11 is 1.68. The number of halogens is 2. The van der Waals surface area contributed by atoms with E-state index in [0.717, 1.165) is 16.9 Å². The van der Waals surface area contributed by atoms with Crippen LogP contribution in [0.2, 0.25) is 0 Å². The summed E-state index contributed by atoms with van der Waals surface area (Å²) in [6.07, 6.45) is 1.00. The second-order valence-corrected chi connectivity index (χ2v) is 5.94. The van der Waals surface area contributed by atoms with Crippen LogP contribution in [0.5, 0.6) is 0 Å². The van der Waals surface area contributed by atoms with E-state index < -0.39 is 11.8 Å². The highest BCUT2D eigenvalue weighted by atomic mass is 32.1. The van der Waals surface area contributed by atoms with Crippen LogP contribution in [0.15, 0.2) is 0 Å². The number of thiophene rings is 1. The molecule has 2 aliphatic carbocycles. The summed E-state index contributed by atoms with van der Waals surface area (Å²) in [6.45, 7) is 4.03. The van der Waals surface area contributed by atoms with Crippen molar-refractivity contribution in [1.29, 1.82) is 0 Å². The molecular weight excluding hydrogens is 202 g/mol. The fourth-order valence-corrected chi connectivity index (χ4v) is 4.22. The first-order valence-electron chi connectivity index (χ1n) is 4.97. The summed E-state index contributed by atoms with van der Waals surface area (Å²) in [5.41, 5.74) is 2.23. The predicted octanol–water partition coefficient (Wildman–Crippen LogP) is 3.66. The Morgan fingerprint density at radius 3 is 2.64 bits per heavy atom. The van der Waals surface area contributed by atoms with Gasteiger partial charge in [-0.15, -0.1) is 11.3 Å². The van der Waals surface area contributed by atoms with Gasteiger partial charge in [0.25, 0.3) is 5.92 Å². The smallest absolute Gasteiger partial charge is 0.206 e. The maximum absolute atomic E-state index is 13.4. The number of fused-ring (bicyclic) bond motifs is 3. The van der Waals surface area contributed by atoms with Crippen molar-refractivity contribution in [1.82, 2.24) is 0 Å². The van der Waals surface area contributed by atoms with Crippen LogP contribution in [-0.4, -0.2) is 5.92 Å². The maximum Gasteiger partial charge on any atom is 0.255 e. The molecule has 2 unspecified atom stereocenters. The van der Waals surface area contributed by atoms with E-state index in [4.69, 9.17) is 0 Å². The minimum Gasteiger partial charge on any atom is -0.206 e. The number of aryl methyl sites for hydroxylation is 2. The van der Waals surface area contributed by atoms with Crippen molar-refractivity contribution in [3.63, 3.8) is 0 Å². The van der Waals surface area contributed by atoms with Crippen molar-refractivity contribution in [2.75, 3.05) is 0 Å². The lowest BCUT2D eigenvalue weighted by Gasteiger charge is -2.40. The Morgan fingerprint density at radius 2 is 2.00 bits per heavy atom. The van der Waals surface area contributed by atoms with Gasteiger partial charge >= 0.3 is 0 Å². The molecule has 1 fully saturated rings. The number of alkyl halides is 2. The van der Waals surface area contributed by atoms with Crippen LogP contribution in [-0.2, 0) is 6.42 Å². The fraction of sp³-hybridized carbons (Fsp3) is 0.636. The lowest BCUT2D eigenvalue weighted by molar-refractivity contribution is -0.129. The third-order valence-electron chi connectivity index (χ3n) is 3.67. The molecule has 76 valence electrons. The molecule has 0 spiro atoms. The van der Waals surface area contributed by atoms with Gasteiger partial charge in [-0.25, -0.2) is 8.78 Å². The Morgan fingerprint density at radius 1 is 1.29 bits per heavy atom. The molecule has 0 aliphatic heterocycles. The van der Waals surface area contributed by atoms with Crippen molar-refractivity contribution < 1.29 is 8.78 Å². The quantitative estimate of drug-likeness (QED) is 0.618. The lowest BCUT2D eigenvalue weighted by Crippen LogP contribution is -2.43. The van der Waals surface area contributed by atoms with E-state index in [1.54, 1.807) is 11.3 Å². The van der Waals surface area contributed by atoms with E-state index in [1.807, 2.05) is 6.92 Å². The predicted molar refractivity (Wildman–Crippen MR) is 53.3 cm³/mol. The zero-order valence-electron chi connectivity index (χ0n) is 8.23. The van der Waals surface area contributed by atoms with Crippen molar-refractivity contribution in [3.8, 4) is 0 Å². The highest BCUT2D eigenvalue weighted by molar-refractivity contribution is 7.12. The van der Waals surface area contributed by atoms with E-state index in [2.05, 4.69) is 6.92 Å². The van der Waals surface area contributed by atoms with Crippen LogP contribution in [0.4, 0.5) is 8.78 Å². The second kappa shape index (κ2) is 2.38.